The number of hydrogen-bond acceptors (Lipinski definition) is 7. The molecule has 0 aliphatic heterocycles. The van der Waals surface area contributed by atoms with Crippen LogP contribution in [0.1, 0.15) is 58.9 Å². The minimum Gasteiger partial charge on any atom is -0.420 e. The first kappa shape index (κ1) is 27.9. The van der Waals surface area contributed by atoms with Gasteiger partial charge in [0, 0.05) is 6.54 Å². The zero-order chi connectivity index (χ0) is 27.5. The number of alkyl carbamates (subject to hydrolysis) is 1. The summed E-state index contributed by atoms with van der Waals surface area (Å²) in [5.74, 6) is -0.411. The van der Waals surface area contributed by atoms with Crippen LogP contribution in [0.2, 0.25) is 0 Å². The average molecular weight is 532 g/mol. The van der Waals surface area contributed by atoms with Crippen molar-refractivity contribution in [2.24, 2.45) is 5.92 Å². The lowest BCUT2D eigenvalue weighted by atomic mass is 10.1. The molecule has 1 N–H and O–H groups in total. The Kier molecular flexibility index (Phi) is 10.1. The molecule has 0 bridgehead atoms. The lowest BCUT2D eigenvalue weighted by Crippen LogP contribution is -2.31. The number of benzene rings is 3. The molecule has 1 saturated carbocycles. The molecule has 39 heavy (non-hydrogen) atoms. The summed E-state index contributed by atoms with van der Waals surface area (Å²) in [6, 6.07) is 22.0. The molecule has 4 rings (SSSR count). The molecule has 0 aromatic heterocycles. The third kappa shape index (κ3) is 8.68. The van der Waals surface area contributed by atoms with Crippen molar-refractivity contribution in [1.29, 1.82) is 0 Å². The van der Waals surface area contributed by atoms with E-state index in [2.05, 4.69) is 5.32 Å². The standard InChI is InChI=1S/C31H33NO7/c1-22(36-21-24-10-8-9-11-24)37-31(35)32-19-18-23-16-17-27(38-29(33)25-12-4-2-5-13-25)28(20-23)39-30(34)26-14-6-3-7-15-26/h2-7,12-17,20,22,24H,8-11,18-19,21H2,1H3,(H,32,35). The fourth-order valence-electron chi connectivity index (χ4n) is 4.32. The van der Waals surface area contributed by atoms with Crippen molar-refractivity contribution in [1.82, 2.24) is 5.32 Å². The van der Waals surface area contributed by atoms with E-state index in [1.807, 2.05) is 0 Å². The Morgan fingerprint density at radius 2 is 1.41 bits per heavy atom. The Morgan fingerprint density at radius 3 is 2.03 bits per heavy atom. The Labute approximate surface area is 228 Å². The number of nitrogens with one attached hydrogen (secondary N) is 1. The first-order valence-corrected chi connectivity index (χ1v) is 13.2. The Bertz CT molecular complexity index is 1240. The lowest BCUT2D eigenvalue weighted by molar-refractivity contribution is -0.100. The van der Waals surface area contributed by atoms with Crippen LogP contribution in [-0.4, -0.2) is 37.5 Å². The van der Waals surface area contributed by atoms with Crippen LogP contribution < -0.4 is 14.8 Å². The van der Waals surface area contributed by atoms with E-state index in [0.29, 0.717) is 30.1 Å². The van der Waals surface area contributed by atoms with Gasteiger partial charge in [-0.25, -0.2) is 14.4 Å². The number of hydrogen-bond donors (Lipinski definition) is 1. The number of amides is 1. The van der Waals surface area contributed by atoms with Crippen molar-refractivity contribution < 1.29 is 33.3 Å². The quantitative estimate of drug-likeness (QED) is 0.185. The minimum absolute atomic E-state index is 0.0992. The summed E-state index contributed by atoms with van der Waals surface area (Å²) in [7, 11) is 0. The molecule has 0 heterocycles. The second-order valence-electron chi connectivity index (χ2n) is 9.43. The van der Waals surface area contributed by atoms with Gasteiger partial charge >= 0.3 is 18.0 Å². The number of ether oxygens (including phenoxy) is 4. The highest BCUT2D eigenvalue weighted by Gasteiger charge is 2.19. The fourth-order valence-corrected chi connectivity index (χ4v) is 4.32. The van der Waals surface area contributed by atoms with Gasteiger partial charge in [0.15, 0.2) is 11.5 Å². The molecule has 0 saturated heterocycles. The van der Waals surface area contributed by atoms with Gasteiger partial charge in [0.25, 0.3) is 0 Å². The molecule has 8 heteroatoms. The summed E-state index contributed by atoms with van der Waals surface area (Å²) in [5.41, 5.74) is 1.49. The predicted octanol–water partition coefficient (Wildman–Crippen LogP) is 5.95. The SMILES string of the molecule is CC(OCC1CCCC1)OC(=O)NCCc1ccc(OC(=O)c2ccccc2)c(OC(=O)c2ccccc2)c1. The molecule has 3 aromatic rings. The second-order valence-corrected chi connectivity index (χ2v) is 9.43. The van der Waals surface area contributed by atoms with Crippen LogP contribution in [0.25, 0.3) is 0 Å². The Morgan fingerprint density at radius 1 is 0.821 bits per heavy atom. The molecule has 0 radical (unpaired) electrons. The zero-order valence-corrected chi connectivity index (χ0v) is 22.0. The molecule has 1 amide bonds. The zero-order valence-electron chi connectivity index (χ0n) is 22.0. The average Bonchev–Trinajstić information content (AvgIpc) is 3.48. The third-order valence-electron chi connectivity index (χ3n) is 6.43. The van der Waals surface area contributed by atoms with Crippen molar-refractivity contribution >= 4 is 18.0 Å². The summed E-state index contributed by atoms with van der Waals surface area (Å²) in [5, 5.41) is 2.71. The Balaban J connectivity index is 1.35. The third-order valence-corrected chi connectivity index (χ3v) is 6.43. The van der Waals surface area contributed by atoms with Crippen LogP contribution >= 0.6 is 0 Å². The normalized spacial score (nSPS) is 13.9. The monoisotopic (exact) mass is 531 g/mol. The van der Waals surface area contributed by atoms with Gasteiger partial charge < -0.3 is 24.3 Å². The number of carbonyl (C=O) groups excluding carboxylic acids is 3. The van der Waals surface area contributed by atoms with E-state index in [9.17, 15) is 14.4 Å². The van der Waals surface area contributed by atoms with Crippen LogP contribution in [0.15, 0.2) is 78.9 Å². The van der Waals surface area contributed by atoms with E-state index in [-0.39, 0.29) is 18.0 Å². The Hall–Kier alpha value is -4.17. The first-order chi connectivity index (χ1) is 19.0. The summed E-state index contributed by atoms with van der Waals surface area (Å²) in [4.78, 5) is 37.5. The van der Waals surface area contributed by atoms with E-state index >= 15 is 0 Å². The van der Waals surface area contributed by atoms with Crippen molar-refractivity contribution in [2.45, 2.75) is 45.3 Å². The van der Waals surface area contributed by atoms with Gasteiger partial charge in [0.05, 0.1) is 17.7 Å². The van der Waals surface area contributed by atoms with Crippen molar-refractivity contribution in [3.05, 3.63) is 95.6 Å². The van der Waals surface area contributed by atoms with Gasteiger partial charge in [-0.2, -0.15) is 0 Å². The van der Waals surface area contributed by atoms with Gasteiger partial charge in [-0.15, -0.1) is 0 Å². The van der Waals surface area contributed by atoms with Crippen molar-refractivity contribution in [3.8, 4) is 11.5 Å². The molecule has 3 aromatic carbocycles. The molecule has 204 valence electrons. The summed E-state index contributed by atoms with van der Waals surface area (Å²) in [6.45, 7) is 2.58. The number of carbonyl (C=O) groups is 3. The van der Waals surface area contributed by atoms with Gasteiger partial charge in [-0.1, -0.05) is 55.3 Å². The van der Waals surface area contributed by atoms with E-state index in [0.717, 1.165) is 18.4 Å². The van der Waals surface area contributed by atoms with Gasteiger partial charge in [-0.3, -0.25) is 0 Å². The van der Waals surface area contributed by atoms with Crippen molar-refractivity contribution in [2.75, 3.05) is 13.2 Å². The molecule has 1 aliphatic carbocycles. The summed E-state index contributed by atoms with van der Waals surface area (Å²) < 4.78 is 22.1. The van der Waals surface area contributed by atoms with Crippen LogP contribution in [-0.2, 0) is 15.9 Å². The highest BCUT2D eigenvalue weighted by Crippen LogP contribution is 2.30. The molecular weight excluding hydrogens is 498 g/mol. The van der Waals surface area contributed by atoms with Gasteiger partial charge in [0.1, 0.15) is 0 Å². The largest absolute Gasteiger partial charge is 0.420 e. The highest BCUT2D eigenvalue weighted by atomic mass is 16.7. The predicted molar refractivity (Wildman–Crippen MR) is 145 cm³/mol. The molecular formula is C31H33NO7. The van der Waals surface area contributed by atoms with Crippen LogP contribution in [0.4, 0.5) is 4.79 Å². The fraction of sp³-hybridized carbons (Fsp3) is 0.323. The first-order valence-electron chi connectivity index (χ1n) is 13.2. The summed E-state index contributed by atoms with van der Waals surface area (Å²) in [6.07, 6.45) is 4.00. The molecule has 0 spiro atoms. The van der Waals surface area contributed by atoms with Crippen molar-refractivity contribution in [3.63, 3.8) is 0 Å². The van der Waals surface area contributed by atoms with E-state index in [1.54, 1.807) is 85.8 Å². The maximum Gasteiger partial charge on any atom is 0.409 e. The number of esters is 2. The molecule has 1 unspecified atom stereocenters. The van der Waals surface area contributed by atoms with Gasteiger partial charge in [0.2, 0.25) is 6.29 Å². The lowest BCUT2D eigenvalue weighted by Gasteiger charge is -2.17. The smallest absolute Gasteiger partial charge is 0.409 e. The van der Waals surface area contributed by atoms with E-state index in [1.165, 1.54) is 12.8 Å². The maximum atomic E-state index is 12.7. The topological polar surface area (TPSA) is 100 Å². The molecule has 1 aliphatic rings. The molecule has 8 nitrogen and oxygen atoms in total. The van der Waals surface area contributed by atoms with E-state index < -0.39 is 24.3 Å². The van der Waals surface area contributed by atoms with E-state index in [4.69, 9.17) is 18.9 Å². The highest BCUT2D eigenvalue weighted by molar-refractivity contribution is 5.93. The van der Waals surface area contributed by atoms with Crippen LogP contribution in [0, 0.1) is 5.92 Å². The van der Waals surface area contributed by atoms with Crippen LogP contribution in [0.5, 0.6) is 11.5 Å². The number of rotatable bonds is 11. The maximum absolute atomic E-state index is 12.7. The summed E-state index contributed by atoms with van der Waals surface area (Å²) >= 11 is 0. The molecule has 1 atom stereocenters. The molecule has 1 fully saturated rings. The van der Waals surface area contributed by atoms with Crippen LogP contribution in [0.3, 0.4) is 0 Å². The minimum atomic E-state index is -0.631. The van der Waals surface area contributed by atoms with Gasteiger partial charge in [-0.05, 0) is 74.1 Å². The second kappa shape index (κ2) is 14.1.